The van der Waals surface area contributed by atoms with Crippen molar-refractivity contribution in [3.8, 4) is 16.9 Å². The topological polar surface area (TPSA) is 130 Å². The molecule has 2 N–H and O–H groups in total. The van der Waals surface area contributed by atoms with Crippen LogP contribution < -0.4 is 10.6 Å². The van der Waals surface area contributed by atoms with E-state index in [0.29, 0.717) is 31.9 Å². The van der Waals surface area contributed by atoms with Gasteiger partial charge in [-0.05, 0) is 56.3 Å². The molecular formula is C31H31ClF3N9O3. The largest absolute Gasteiger partial charge is 0.435 e. The molecule has 0 spiro atoms. The molecule has 3 amide bonds. The van der Waals surface area contributed by atoms with E-state index in [4.69, 9.17) is 11.6 Å². The van der Waals surface area contributed by atoms with Crippen molar-refractivity contribution in [1.29, 1.82) is 0 Å². The number of piperidine rings is 1. The first-order valence-corrected chi connectivity index (χ1v) is 15.4. The van der Waals surface area contributed by atoms with Gasteiger partial charge in [-0.1, -0.05) is 11.6 Å². The molecule has 1 aromatic carbocycles. The van der Waals surface area contributed by atoms with Crippen molar-refractivity contribution in [2.75, 3.05) is 44.6 Å². The van der Waals surface area contributed by atoms with Gasteiger partial charge >= 0.3 is 6.18 Å². The number of benzene rings is 1. The van der Waals surface area contributed by atoms with Crippen LogP contribution in [0, 0.1) is 5.92 Å². The number of amides is 3. The van der Waals surface area contributed by atoms with Gasteiger partial charge in [0.25, 0.3) is 11.8 Å². The van der Waals surface area contributed by atoms with Crippen LogP contribution in [-0.4, -0.2) is 91.1 Å². The molecule has 0 bridgehead atoms. The molecule has 2 aliphatic rings. The van der Waals surface area contributed by atoms with Gasteiger partial charge in [0.05, 0.1) is 33.7 Å². The normalized spacial score (nSPS) is 15.9. The Balaban J connectivity index is 1.13. The lowest BCUT2D eigenvalue weighted by Gasteiger charge is -2.37. The number of anilines is 1. The predicted octanol–water partition coefficient (Wildman–Crippen LogP) is 3.88. The Hall–Kier alpha value is -4.76. The van der Waals surface area contributed by atoms with Crippen LogP contribution >= 0.6 is 11.6 Å². The maximum atomic E-state index is 14.0. The molecule has 12 nitrogen and oxygen atoms in total. The summed E-state index contributed by atoms with van der Waals surface area (Å²) >= 11 is 6.47. The maximum absolute atomic E-state index is 14.0. The Kier molecular flexibility index (Phi) is 9.01. The first-order chi connectivity index (χ1) is 22.5. The Bertz CT molecular complexity index is 1790. The molecule has 0 unspecified atom stereocenters. The van der Waals surface area contributed by atoms with Crippen LogP contribution in [0.5, 0.6) is 0 Å². The summed E-state index contributed by atoms with van der Waals surface area (Å²) in [6, 6.07) is 7.47. The Morgan fingerprint density at radius 1 is 1.00 bits per heavy atom. The summed E-state index contributed by atoms with van der Waals surface area (Å²) in [5.41, 5.74) is -0.482. The first-order valence-electron chi connectivity index (χ1n) is 15.0. The van der Waals surface area contributed by atoms with Crippen LogP contribution in [0.4, 0.5) is 18.9 Å². The Morgan fingerprint density at radius 2 is 1.68 bits per heavy atom. The van der Waals surface area contributed by atoms with Gasteiger partial charge in [0.1, 0.15) is 0 Å². The lowest BCUT2D eigenvalue weighted by Crippen LogP contribution is -2.52. The van der Waals surface area contributed by atoms with Crippen LogP contribution in [0.15, 0.2) is 55.1 Å². The number of aromatic nitrogens is 5. The number of alkyl halides is 3. The third-order valence-corrected chi connectivity index (χ3v) is 8.71. The molecule has 0 saturated carbocycles. The molecule has 6 rings (SSSR count). The van der Waals surface area contributed by atoms with E-state index in [2.05, 4.69) is 25.7 Å². The highest BCUT2D eigenvalue weighted by Gasteiger charge is 2.39. The molecule has 4 aromatic rings. The number of hydrogen-bond donors (Lipinski definition) is 2. The molecular weight excluding hydrogens is 639 g/mol. The number of pyridine rings is 1. The van der Waals surface area contributed by atoms with Crippen molar-refractivity contribution in [1.82, 2.24) is 39.4 Å². The third-order valence-electron chi connectivity index (χ3n) is 8.40. The Labute approximate surface area is 272 Å². The van der Waals surface area contributed by atoms with Crippen molar-refractivity contribution in [2.24, 2.45) is 13.0 Å². The second kappa shape index (κ2) is 13.2. The highest BCUT2D eigenvalue weighted by Crippen LogP contribution is 2.37. The fraction of sp³-hybridized carbons (Fsp3) is 0.355. The van der Waals surface area contributed by atoms with Crippen LogP contribution in [0.3, 0.4) is 0 Å². The summed E-state index contributed by atoms with van der Waals surface area (Å²) in [7, 11) is 1.43. The molecule has 16 heteroatoms. The zero-order chi connectivity index (χ0) is 33.3. The highest BCUT2D eigenvalue weighted by atomic mass is 35.5. The summed E-state index contributed by atoms with van der Waals surface area (Å²) in [6.45, 7) is 3.30. The Morgan fingerprint density at radius 3 is 2.34 bits per heavy atom. The van der Waals surface area contributed by atoms with E-state index in [-0.39, 0.29) is 51.1 Å². The van der Waals surface area contributed by atoms with Crippen molar-refractivity contribution in [3.05, 3.63) is 77.2 Å². The van der Waals surface area contributed by atoms with E-state index in [1.807, 2.05) is 4.90 Å². The predicted molar refractivity (Wildman–Crippen MR) is 166 cm³/mol. The molecule has 5 heterocycles. The van der Waals surface area contributed by atoms with Gasteiger partial charge in [-0.3, -0.25) is 19.4 Å². The zero-order valence-electron chi connectivity index (χ0n) is 25.3. The molecule has 2 fully saturated rings. The lowest BCUT2D eigenvalue weighted by atomic mass is 9.96. The number of imidazole rings is 1. The summed E-state index contributed by atoms with van der Waals surface area (Å²) in [6.07, 6.45) is 2.13. The van der Waals surface area contributed by atoms with Crippen molar-refractivity contribution < 1.29 is 27.6 Å². The zero-order valence-corrected chi connectivity index (χ0v) is 26.1. The van der Waals surface area contributed by atoms with E-state index in [1.54, 1.807) is 4.90 Å². The fourth-order valence-electron chi connectivity index (χ4n) is 5.85. The van der Waals surface area contributed by atoms with Gasteiger partial charge in [0.2, 0.25) is 5.91 Å². The summed E-state index contributed by atoms with van der Waals surface area (Å²) in [5, 5.41) is 9.76. The molecule has 2 aliphatic heterocycles. The average molecular weight is 670 g/mol. The minimum atomic E-state index is -4.77. The maximum Gasteiger partial charge on any atom is 0.435 e. The van der Waals surface area contributed by atoms with E-state index in [9.17, 15) is 27.6 Å². The van der Waals surface area contributed by atoms with Gasteiger partial charge < -0.3 is 25.0 Å². The van der Waals surface area contributed by atoms with Gasteiger partial charge in [-0.15, -0.1) is 0 Å². The van der Waals surface area contributed by atoms with E-state index < -0.39 is 17.8 Å². The van der Waals surface area contributed by atoms with Gasteiger partial charge in [0, 0.05) is 63.4 Å². The standard InChI is InChI=1S/C31H31ClF3N9O3/c1-41-25(23-18-44(21-6-10-37-11-7-21)40-26(23)31(33,34)35)17-38-27(41)28(45)39-20-2-3-22(24(32)16-20)30(47)43-14-12-42(13-15-43)29(46)19-4-8-36-9-5-19/h2-3,6-7,10-11,16-19,36H,4-5,8-9,12-15H2,1H3,(H,39,45). The lowest BCUT2D eigenvalue weighted by molar-refractivity contribution is -0.141. The SMILES string of the molecule is Cn1c(-c2cn(-c3ccncc3)nc2C(F)(F)F)cnc1C(=O)Nc1ccc(C(=O)N2CCN(C(=O)C3CCNCC3)CC2)c(Cl)c1. The second-order valence-corrected chi connectivity index (χ2v) is 11.8. The number of carbonyl (C=O) groups excluding carboxylic acids is 3. The van der Waals surface area contributed by atoms with E-state index >= 15 is 0 Å². The van der Waals surface area contributed by atoms with Crippen LogP contribution in [-0.2, 0) is 18.0 Å². The van der Waals surface area contributed by atoms with Crippen LogP contribution in [0.2, 0.25) is 5.02 Å². The monoisotopic (exact) mass is 669 g/mol. The first kappa shape index (κ1) is 32.2. The minimum absolute atomic E-state index is 0.0158. The molecule has 2 saturated heterocycles. The number of nitrogens with zero attached hydrogens (tertiary/aromatic N) is 7. The van der Waals surface area contributed by atoms with Crippen LogP contribution in [0.1, 0.15) is 39.5 Å². The van der Waals surface area contributed by atoms with Gasteiger partial charge in [0.15, 0.2) is 11.5 Å². The quantitative estimate of drug-likeness (QED) is 0.319. The van der Waals surface area contributed by atoms with Crippen molar-refractivity contribution in [3.63, 3.8) is 0 Å². The number of nitrogens with one attached hydrogen (secondary N) is 2. The van der Waals surface area contributed by atoms with Crippen molar-refractivity contribution >= 4 is 35.0 Å². The fourth-order valence-corrected chi connectivity index (χ4v) is 6.11. The number of rotatable bonds is 6. The van der Waals surface area contributed by atoms with E-state index in [0.717, 1.165) is 30.6 Å². The number of carbonyl (C=O) groups is 3. The highest BCUT2D eigenvalue weighted by molar-refractivity contribution is 6.34. The molecule has 0 atom stereocenters. The molecule has 3 aromatic heterocycles. The molecule has 246 valence electrons. The third kappa shape index (κ3) is 6.72. The summed E-state index contributed by atoms with van der Waals surface area (Å²) < 4.78 is 44.2. The minimum Gasteiger partial charge on any atom is -0.339 e. The van der Waals surface area contributed by atoms with E-state index in [1.165, 1.54) is 66.7 Å². The second-order valence-electron chi connectivity index (χ2n) is 11.4. The van der Waals surface area contributed by atoms with Crippen molar-refractivity contribution in [2.45, 2.75) is 19.0 Å². The average Bonchev–Trinajstić information content (AvgIpc) is 3.69. The number of piperazine rings is 1. The van der Waals surface area contributed by atoms with Gasteiger partial charge in [-0.25, -0.2) is 9.67 Å². The molecule has 47 heavy (non-hydrogen) atoms. The van der Waals surface area contributed by atoms with Crippen LogP contribution in [0.25, 0.3) is 16.9 Å². The summed E-state index contributed by atoms with van der Waals surface area (Å²) in [5.74, 6) is -0.987. The smallest absolute Gasteiger partial charge is 0.339 e. The molecule has 0 radical (unpaired) electrons. The number of hydrogen-bond acceptors (Lipinski definition) is 7. The van der Waals surface area contributed by atoms with Gasteiger partial charge in [-0.2, -0.15) is 18.3 Å². The number of halogens is 4. The summed E-state index contributed by atoms with van der Waals surface area (Å²) in [4.78, 5) is 50.7. The molecule has 0 aliphatic carbocycles.